The molecule has 16 heavy (non-hydrogen) atoms. The first-order valence-corrected chi connectivity index (χ1v) is 5.69. The molecule has 0 aliphatic carbocycles. The third kappa shape index (κ3) is 3.10. The van der Waals surface area contributed by atoms with Crippen LogP contribution < -0.4 is 5.32 Å². The van der Waals surface area contributed by atoms with Crippen molar-refractivity contribution in [1.29, 1.82) is 0 Å². The number of nitrogens with one attached hydrogen (secondary N) is 1. The lowest BCUT2D eigenvalue weighted by Crippen LogP contribution is -2.30. The van der Waals surface area contributed by atoms with Crippen molar-refractivity contribution in [2.75, 3.05) is 0 Å². The van der Waals surface area contributed by atoms with Crippen LogP contribution in [-0.4, -0.2) is 21.8 Å². The largest absolute Gasteiger partial charge is 0.475 e. The van der Waals surface area contributed by atoms with Crippen LogP contribution in [0.3, 0.4) is 0 Å². The van der Waals surface area contributed by atoms with Crippen LogP contribution in [0.15, 0.2) is 16.7 Å². The molecule has 5 nitrogen and oxygen atoms in total. The maximum absolute atomic E-state index is 11.4. The van der Waals surface area contributed by atoms with Crippen LogP contribution in [0.1, 0.15) is 29.5 Å². The summed E-state index contributed by atoms with van der Waals surface area (Å²) in [5.41, 5.74) is 0.455. The molecule has 0 bridgehead atoms. The highest BCUT2D eigenvalue weighted by molar-refractivity contribution is 9.10. The fraction of sp³-hybridized carbons (Fsp3) is 0.400. The average Bonchev–Trinajstić information content (AvgIpc) is 2.72. The van der Waals surface area contributed by atoms with Crippen LogP contribution in [0.2, 0.25) is 0 Å². The van der Waals surface area contributed by atoms with E-state index in [0.717, 1.165) is 0 Å². The highest BCUT2D eigenvalue weighted by Crippen LogP contribution is 2.11. The van der Waals surface area contributed by atoms with Gasteiger partial charge in [0.25, 0.3) is 0 Å². The molecule has 88 valence electrons. The number of carbonyl (C=O) groups excluding carboxylic acids is 1. The van der Waals surface area contributed by atoms with E-state index in [1.807, 2.05) is 6.92 Å². The summed E-state index contributed by atoms with van der Waals surface area (Å²) in [5, 5.41) is 11.4. The Labute approximate surface area is 101 Å². The summed E-state index contributed by atoms with van der Waals surface area (Å²) in [5.74, 6) is -1.44. The summed E-state index contributed by atoms with van der Waals surface area (Å²) in [6, 6.07) is 1.53. The smallest absolute Gasteiger partial charge is 0.372 e. The topological polar surface area (TPSA) is 79.5 Å². The number of carbonyl (C=O) groups is 2. The molecule has 0 aliphatic heterocycles. The summed E-state index contributed by atoms with van der Waals surface area (Å²) in [6.45, 7) is 2.03. The lowest BCUT2D eigenvalue weighted by molar-refractivity contribution is -0.120. The number of alkyl halides is 1. The van der Waals surface area contributed by atoms with Gasteiger partial charge in [0.05, 0.1) is 11.1 Å². The number of halogens is 1. The van der Waals surface area contributed by atoms with Crippen molar-refractivity contribution < 1.29 is 19.1 Å². The van der Waals surface area contributed by atoms with Gasteiger partial charge in [-0.15, -0.1) is 0 Å². The molecule has 1 rings (SSSR count). The van der Waals surface area contributed by atoms with Crippen molar-refractivity contribution >= 4 is 27.8 Å². The number of rotatable bonds is 5. The molecule has 6 heteroatoms. The minimum Gasteiger partial charge on any atom is -0.475 e. The Balaban J connectivity index is 2.58. The van der Waals surface area contributed by atoms with Crippen LogP contribution >= 0.6 is 15.9 Å². The van der Waals surface area contributed by atoms with Gasteiger partial charge in [0.2, 0.25) is 11.7 Å². The zero-order valence-corrected chi connectivity index (χ0v) is 10.3. The SMILES string of the molecule is CCC(Br)C(=O)NCc1ccoc1C(=O)O. The summed E-state index contributed by atoms with van der Waals surface area (Å²) >= 11 is 3.20. The number of furan rings is 1. The Kier molecular flexibility index (Phi) is 4.54. The van der Waals surface area contributed by atoms with Gasteiger partial charge < -0.3 is 14.8 Å². The second-order valence-electron chi connectivity index (χ2n) is 3.17. The Morgan fingerprint density at radius 1 is 1.62 bits per heavy atom. The first kappa shape index (κ1) is 12.8. The van der Waals surface area contributed by atoms with Gasteiger partial charge in [0, 0.05) is 12.1 Å². The Morgan fingerprint density at radius 2 is 2.31 bits per heavy atom. The van der Waals surface area contributed by atoms with Crippen molar-refractivity contribution in [1.82, 2.24) is 5.32 Å². The van der Waals surface area contributed by atoms with Crippen molar-refractivity contribution in [2.24, 2.45) is 0 Å². The van der Waals surface area contributed by atoms with Gasteiger partial charge in [-0.05, 0) is 12.5 Å². The van der Waals surface area contributed by atoms with Gasteiger partial charge >= 0.3 is 5.97 Å². The monoisotopic (exact) mass is 289 g/mol. The maximum Gasteiger partial charge on any atom is 0.372 e. The molecule has 1 atom stereocenters. The van der Waals surface area contributed by atoms with Crippen LogP contribution in [0.25, 0.3) is 0 Å². The fourth-order valence-corrected chi connectivity index (χ4v) is 1.30. The number of aromatic carboxylic acids is 1. The van der Waals surface area contributed by atoms with E-state index in [4.69, 9.17) is 9.52 Å². The number of hydrogen-bond donors (Lipinski definition) is 2. The zero-order chi connectivity index (χ0) is 12.1. The van der Waals surface area contributed by atoms with Crippen LogP contribution in [0.4, 0.5) is 0 Å². The number of carboxylic acid groups (broad SMARTS) is 1. The summed E-state index contributed by atoms with van der Waals surface area (Å²) in [4.78, 5) is 21.9. The molecular formula is C10H12BrNO4. The minimum atomic E-state index is -1.14. The molecule has 1 unspecified atom stereocenters. The highest BCUT2D eigenvalue weighted by Gasteiger charge is 2.16. The Bertz CT molecular complexity index is 388. The maximum atomic E-state index is 11.4. The molecule has 1 amide bonds. The molecule has 0 spiro atoms. The molecule has 0 saturated carbocycles. The van der Waals surface area contributed by atoms with Crippen LogP contribution in [0.5, 0.6) is 0 Å². The van der Waals surface area contributed by atoms with E-state index in [0.29, 0.717) is 12.0 Å². The molecular weight excluding hydrogens is 278 g/mol. The molecule has 0 aliphatic rings. The van der Waals surface area contributed by atoms with Gasteiger partial charge in [-0.2, -0.15) is 0 Å². The summed E-state index contributed by atoms with van der Waals surface area (Å²) < 4.78 is 4.78. The lowest BCUT2D eigenvalue weighted by Gasteiger charge is -2.07. The number of amides is 1. The Hall–Kier alpha value is -1.30. The van der Waals surface area contributed by atoms with Crippen LogP contribution in [-0.2, 0) is 11.3 Å². The summed E-state index contributed by atoms with van der Waals surface area (Å²) in [6.07, 6.45) is 1.96. The van der Waals surface area contributed by atoms with E-state index in [1.165, 1.54) is 12.3 Å². The van der Waals surface area contributed by atoms with Crippen molar-refractivity contribution in [3.63, 3.8) is 0 Å². The predicted octanol–water partition coefficient (Wildman–Crippen LogP) is 1.77. The second kappa shape index (κ2) is 5.69. The third-order valence-corrected chi connectivity index (χ3v) is 3.10. The predicted molar refractivity (Wildman–Crippen MR) is 60.5 cm³/mol. The van der Waals surface area contributed by atoms with Crippen molar-refractivity contribution in [2.45, 2.75) is 24.7 Å². The zero-order valence-electron chi connectivity index (χ0n) is 8.70. The molecule has 1 aromatic heterocycles. The average molecular weight is 290 g/mol. The molecule has 0 fully saturated rings. The number of hydrogen-bond acceptors (Lipinski definition) is 3. The number of carboxylic acids is 1. The first-order valence-electron chi connectivity index (χ1n) is 4.77. The van der Waals surface area contributed by atoms with E-state index >= 15 is 0 Å². The van der Waals surface area contributed by atoms with E-state index in [1.54, 1.807) is 0 Å². The molecule has 1 heterocycles. The second-order valence-corrected chi connectivity index (χ2v) is 4.28. The Morgan fingerprint density at radius 3 is 2.88 bits per heavy atom. The van der Waals surface area contributed by atoms with Gasteiger partial charge in [-0.25, -0.2) is 4.79 Å². The van der Waals surface area contributed by atoms with E-state index < -0.39 is 5.97 Å². The molecule has 0 radical (unpaired) electrons. The molecule has 1 aromatic rings. The highest BCUT2D eigenvalue weighted by atomic mass is 79.9. The lowest BCUT2D eigenvalue weighted by atomic mass is 10.2. The van der Waals surface area contributed by atoms with Crippen LogP contribution in [0, 0.1) is 0 Å². The molecule has 0 aromatic carbocycles. The van der Waals surface area contributed by atoms with Gasteiger partial charge in [0.1, 0.15) is 0 Å². The fourth-order valence-electron chi connectivity index (χ4n) is 1.14. The van der Waals surface area contributed by atoms with E-state index in [9.17, 15) is 9.59 Å². The van der Waals surface area contributed by atoms with Gasteiger partial charge in [0.15, 0.2) is 0 Å². The van der Waals surface area contributed by atoms with Gasteiger partial charge in [-0.1, -0.05) is 22.9 Å². The van der Waals surface area contributed by atoms with E-state index in [-0.39, 0.29) is 23.0 Å². The van der Waals surface area contributed by atoms with Crippen molar-refractivity contribution in [3.05, 3.63) is 23.7 Å². The van der Waals surface area contributed by atoms with Gasteiger partial charge in [-0.3, -0.25) is 4.79 Å². The standard InChI is InChI=1S/C10H12BrNO4/c1-2-7(11)9(13)12-5-6-3-4-16-8(6)10(14)15/h3-4,7H,2,5H2,1H3,(H,12,13)(H,14,15). The quantitative estimate of drug-likeness (QED) is 0.810. The van der Waals surface area contributed by atoms with E-state index in [2.05, 4.69) is 21.2 Å². The third-order valence-electron chi connectivity index (χ3n) is 2.04. The summed E-state index contributed by atoms with van der Waals surface area (Å²) in [7, 11) is 0. The molecule has 0 saturated heterocycles. The first-order chi connectivity index (χ1) is 7.56. The normalized spacial score (nSPS) is 12.1. The minimum absolute atomic E-state index is 0.136. The van der Waals surface area contributed by atoms with Crippen molar-refractivity contribution in [3.8, 4) is 0 Å². The molecule has 2 N–H and O–H groups in total.